The predicted octanol–water partition coefficient (Wildman–Crippen LogP) is 4.88. The minimum absolute atomic E-state index is 0.0979. The van der Waals surface area contributed by atoms with Crippen molar-refractivity contribution in [1.82, 2.24) is 19.6 Å². The number of benzene rings is 2. The van der Waals surface area contributed by atoms with Crippen molar-refractivity contribution in [2.75, 3.05) is 6.54 Å². The fourth-order valence-electron chi connectivity index (χ4n) is 4.67. The number of hydrogen-bond donors (Lipinski definition) is 0. The molecule has 9 heteroatoms. The second kappa shape index (κ2) is 8.71. The van der Waals surface area contributed by atoms with Gasteiger partial charge in [0.1, 0.15) is 11.5 Å². The van der Waals surface area contributed by atoms with Crippen molar-refractivity contribution in [2.24, 2.45) is 0 Å². The van der Waals surface area contributed by atoms with E-state index in [1.165, 1.54) is 6.07 Å². The minimum atomic E-state index is -0.318. The number of hydrogen-bond acceptors (Lipinski definition) is 3. The largest absolute Gasteiger partial charge is 0.331 e. The Kier molecular flexibility index (Phi) is 5.86. The lowest BCUT2D eigenvalue weighted by molar-refractivity contribution is 0.0636. The Morgan fingerprint density at radius 1 is 1.15 bits per heavy atom. The first kappa shape index (κ1) is 22.9. The molecule has 0 N–H and O–H groups in total. The zero-order valence-corrected chi connectivity index (χ0v) is 20.3. The van der Waals surface area contributed by atoms with Crippen molar-refractivity contribution in [3.05, 3.63) is 85.9 Å². The van der Waals surface area contributed by atoms with Crippen molar-refractivity contribution in [3.63, 3.8) is 0 Å². The van der Waals surface area contributed by atoms with Gasteiger partial charge in [0, 0.05) is 42.2 Å². The van der Waals surface area contributed by atoms with E-state index >= 15 is 0 Å². The van der Waals surface area contributed by atoms with Gasteiger partial charge in [0.15, 0.2) is 0 Å². The lowest BCUT2D eigenvalue weighted by Gasteiger charge is -2.34. The van der Waals surface area contributed by atoms with Crippen LogP contribution in [0, 0.1) is 12.7 Å². The van der Waals surface area contributed by atoms with E-state index in [-0.39, 0.29) is 36.8 Å². The van der Waals surface area contributed by atoms with Crippen LogP contribution in [0.5, 0.6) is 0 Å². The third-order valence-electron chi connectivity index (χ3n) is 6.55. The smallest absolute Gasteiger partial charge is 0.272 e. The standard InChI is InChI=1S/C25H23Cl2FN4O2/c1-14-3-4-17(21(28)9-14)12-30-7-8-32-23(25(30)34)18-13-31(15(2)10-22(18)29-32)24(33)16-5-6-19(26)20(27)11-16/h3-6,9,11,15H,7-8,10,12-13H2,1-2H3/t15-/m1/s1. The first-order valence-electron chi connectivity index (χ1n) is 11.1. The van der Waals surface area contributed by atoms with Crippen molar-refractivity contribution >= 4 is 35.0 Å². The molecule has 0 saturated heterocycles. The molecule has 2 aliphatic rings. The van der Waals surface area contributed by atoms with Crippen LogP contribution < -0.4 is 0 Å². The van der Waals surface area contributed by atoms with E-state index in [9.17, 15) is 14.0 Å². The molecule has 1 aromatic heterocycles. The molecular formula is C25H23Cl2FN4O2. The van der Waals surface area contributed by atoms with E-state index < -0.39 is 0 Å². The second-order valence-corrected chi connectivity index (χ2v) is 9.75. The summed E-state index contributed by atoms with van der Waals surface area (Å²) in [7, 11) is 0. The van der Waals surface area contributed by atoms with Crippen LogP contribution >= 0.6 is 23.2 Å². The van der Waals surface area contributed by atoms with Crippen LogP contribution in [0.2, 0.25) is 10.0 Å². The van der Waals surface area contributed by atoms with Crippen molar-refractivity contribution in [1.29, 1.82) is 0 Å². The topological polar surface area (TPSA) is 58.4 Å². The molecule has 2 aliphatic heterocycles. The van der Waals surface area contributed by atoms with E-state index in [1.807, 2.05) is 19.9 Å². The molecule has 0 fully saturated rings. The van der Waals surface area contributed by atoms with Crippen LogP contribution in [0.4, 0.5) is 4.39 Å². The molecule has 0 bridgehead atoms. The summed E-state index contributed by atoms with van der Waals surface area (Å²) in [6.07, 6.45) is 0.544. The number of rotatable bonds is 3. The average Bonchev–Trinajstić information content (AvgIpc) is 3.16. The van der Waals surface area contributed by atoms with E-state index in [2.05, 4.69) is 5.10 Å². The fourth-order valence-corrected chi connectivity index (χ4v) is 4.97. The Bertz CT molecular complexity index is 1320. The summed E-state index contributed by atoms with van der Waals surface area (Å²) < 4.78 is 16.2. The first-order chi connectivity index (χ1) is 16.2. The Labute approximate surface area is 206 Å². The highest BCUT2D eigenvalue weighted by Gasteiger charge is 2.37. The molecule has 3 aromatic rings. The van der Waals surface area contributed by atoms with Gasteiger partial charge >= 0.3 is 0 Å². The molecule has 0 unspecified atom stereocenters. The molecule has 3 heterocycles. The molecule has 0 aliphatic carbocycles. The Balaban J connectivity index is 1.43. The summed E-state index contributed by atoms with van der Waals surface area (Å²) in [5.41, 5.74) is 3.81. The molecule has 2 aromatic carbocycles. The zero-order valence-electron chi connectivity index (χ0n) is 18.8. The van der Waals surface area contributed by atoms with Crippen LogP contribution in [0.3, 0.4) is 0 Å². The maximum absolute atomic E-state index is 14.4. The van der Waals surface area contributed by atoms with Crippen LogP contribution in [0.15, 0.2) is 36.4 Å². The molecule has 2 amide bonds. The quantitative estimate of drug-likeness (QED) is 0.514. The lowest BCUT2D eigenvalue weighted by Crippen LogP contribution is -2.44. The van der Waals surface area contributed by atoms with E-state index in [1.54, 1.807) is 38.7 Å². The number of fused-ring (bicyclic) bond motifs is 3. The predicted molar refractivity (Wildman–Crippen MR) is 128 cm³/mol. The van der Waals surface area contributed by atoms with Gasteiger partial charge in [-0.15, -0.1) is 0 Å². The maximum Gasteiger partial charge on any atom is 0.272 e. The van der Waals surface area contributed by atoms with Gasteiger partial charge < -0.3 is 9.80 Å². The fraction of sp³-hybridized carbons (Fsp3) is 0.320. The zero-order chi connectivity index (χ0) is 24.1. The monoisotopic (exact) mass is 500 g/mol. The molecule has 0 saturated carbocycles. The summed E-state index contributed by atoms with van der Waals surface area (Å²) in [6, 6.07) is 9.75. The van der Waals surface area contributed by atoms with E-state index in [0.717, 1.165) is 16.8 Å². The normalized spacial score (nSPS) is 17.6. The number of aromatic nitrogens is 2. The average molecular weight is 501 g/mol. The van der Waals surface area contributed by atoms with Gasteiger partial charge in [0.05, 0.1) is 28.8 Å². The molecule has 34 heavy (non-hydrogen) atoms. The summed E-state index contributed by atoms with van der Waals surface area (Å²) in [5.74, 6) is -0.698. The van der Waals surface area contributed by atoms with E-state index in [4.69, 9.17) is 23.2 Å². The molecule has 176 valence electrons. The summed E-state index contributed by atoms with van der Waals surface area (Å²) >= 11 is 12.1. The number of amides is 2. The van der Waals surface area contributed by atoms with Crippen LogP contribution in [0.25, 0.3) is 0 Å². The summed E-state index contributed by atoms with van der Waals surface area (Å²) in [4.78, 5) is 30.1. The Hall–Kier alpha value is -2.90. The van der Waals surface area contributed by atoms with Gasteiger partial charge in [-0.25, -0.2) is 4.39 Å². The minimum Gasteiger partial charge on any atom is -0.331 e. The third-order valence-corrected chi connectivity index (χ3v) is 7.29. The van der Waals surface area contributed by atoms with E-state index in [0.29, 0.717) is 46.4 Å². The highest BCUT2D eigenvalue weighted by Crippen LogP contribution is 2.31. The van der Waals surface area contributed by atoms with Crippen molar-refractivity contribution < 1.29 is 14.0 Å². The number of carbonyl (C=O) groups is 2. The molecule has 0 spiro atoms. The number of halogens is 3. The molecular weight excluding hydrogens is 478 g/mol. The second-order valence-electron chi connectivity index (χ2n) is 8.93. The van der Waals surface area contributed by atoms with Gasteiger partial charge in [-0.3, -0.25) is 14.3 Å². The van der Waals surface area contributed by atoms with Gasteiger partial charge in [0.2, 0.25) is 0 Å². The number of carbonyl (C=O) groups excluding carboxylic acids is 2. The molecule has 5 rings (SSSR count). The Morgan fingerprint density at radius 2 is 1.94 bits per heavy atom. The molecule has 0 radical (unpaired) electrons. The highest BCUT2D eigenvalue weighted by molar-refractivity contribution is 6.42. The van der Waals surface area contributed by atoms with Crippen LogP contribution in [-0.2, 0) is 26.1 Å². The van der Waals surface area contributed by atoms with Crippen molar-refractivity contribution in [3.8, 4) is 0 Å². The van der Waals surface area contributed by atoms with Gasteiger partial charge in [0.25, 0.3) is 11.8 Å². The number of nitrogens with zero attached hydrogens (tertiary/aromatic N) is 4. The SMILES string of the molecule is Cc1ccc(CN2CCn3nc4c(c3C2=O)CN(C(=O)c2ccc(Cl)c(Cl)c2)[C@H](C)C4)c(F)c1. The van der Waals surface area contributed by atoms with Crippen LogP contribution in [0.1, 0.15) is 50.2 Å². The highest BCUT2D eigenvalue weighted by atomic mass is 35.5. The summed E-state index contributed by atoms with van der Waals surface area (Å²) in [6.45, 7) is 5.22. The first-order valence-corrected chi connectivity index (χ1v) is 11.9. The maximum atomic E-state index is 14.4. The Morgan fingerprint density at radius 3 is 2.68 bits per heavy atom. The lowest BCUT2D eigenvalue weighted by atomic mass is 9.97. The van der Waals surface area contributed by atoms with Gasteiger partial charge in [-0.2, -0.15) is 5.10 Å². The summed E-state index contributed by atoms with van der Waals surface area (Å²) in [5, 5.41) is 5.37. The molecule has 6 nitrogen and oxygen atoms in total. The molecule has 1 atom stereocenters. The van der Waals surface area contributed by atoms with Crippen LogP contribution in [-0.4, -0.2) is 44.0 Å². The number of aryl methyl sites for hydroxylation is 1. The van der Waals surface area contributed by atoms with Crippen molar-refractivity contribution in [2.45, 2.75) is 45.9 Å². The van der Waals surface area contributed by atoms with Gasteiger partial charge in [-0.05, 0) is 43.7 Å². The van der Waals surface area contributed by atoms with Gasteiger partial charge in [-0.1, -0.05) is 35.3 Å². The third kappa shape index (κ3) is 3.97.